The second-order valence-electron chi connectivity index (χ2n) is 9.31. The molecule has 0 aliphatic rings. The van der Waals surface area contributed by atoms with E-state index >= 15 is 0 Å². The molecule has 0 fully saturated rings. The van der Waals surface area contributed by atoms with E-state index in [0.29, 0.717) is 18.6 Å². The molecule has 1 atom stereocenters. The Labute approximate surface area is 215 Å². The summed E-state index contributed by atoms with van der Waals surface area (Å²) < 4.78 is 10.2. The van der Waals surface area contributed by atoms with Crippen LogP contribution in [0.1, 0.15) is 102 Å². The number of unbranched alkanes of at least 4 members (excludes halogenated alkanes) is 8. The van der Waals surface area contributed by atoms with Crippen LogP contribution in [0.15, 0.2) is 42.5 Å². The van der Waals surface area contributed by atoms with Gasteiger partial charge in [0.2, 0.25) is 0 Å². The molecule has 2 N–H and O–H groups in total. The zero-order valence-corrected chi connectivity index (χ0v) is 21.8. The number of hydrogen-bond donors (Lipinski definition) is 2. The van der Waals surface area contributed by atoms with E-state index in [-0.39, 0.29) is 19.8 Å². The van der Waals surface area contributed by atoms with Crippen molar-refractivity contribution < 1.29 is 34.1 Å². The standard InChI is InChI=1S/C29H44O7/c1-2-3-4-8-14-19-26(30)20-15-9-6-5-7-10-16-21-29(34,28(32)33)22-27(31)36-24-35-23-25-17-12-11-13-18-25/h10-13,16-18,34H,2-9,14-15,19-24H2,1H3,(H,32,33)/b16-10+/t29-/m1/s1. The minimum atomic E-state index is -2.22. The fourth-order valence-electron chi connectivity index (χ4n) is 3.75. The van der Waals surface area contributed by atoms with E-state index < -0.39 is 24.0 Å². The number of ketones is 1. The topological polar surface area (TPSA) is 110 Å². The molecule has 202 valence electrons. The van der Waals surface area contributed by atoms with Gasteiger partial charge in [-0.15, -0.1) is 0 Å². The Hall–Kier alpha value is -2.51. The van der Waals surface area contributed by atoms with Crippen LogP contribution in [0.5, 0.6) is 0 Å². The molecule has 0 aliphatic heterocycles. The second kappa shape index (κ2) is 19.7. The third-order valence-corrected chi connectivity index (χ3v) is 6.01. The quantitative estimate of drug-likeness (QED) is 0.0846. The Morgan fingerprint density at radius 1 is 0.889 bits per heavy atom. The van der Waals surface area contributed by atoms with Crippen molar-refractivity contribution in [2.24, 2.45) is 0 Å². The fraction of sp³-hybridized carbons (Fsp3) is 0.621. The highest BCUT2D eigenvalue weighted by Crippen LogP contribution is 2.18. The van der Waals surface area contributed by atoms with Crippen molar-refractivity contribution in [2.45, 2.75) is 109 Å². The van der Waals surface area contributed by atoms with E-state index in [4.69, 9.17) is 9.47 Å². The summed E-state index contributed by atoms with van der Waals surface area (Å²) in [4.78, 5) is 35.4. The summed E-state index contributed by atoms with van der Waals surface area (Å²) in [6.07, 6.45) is 14.3. The van der Waals surface area contributed by atoms with Gasteiger partial charge in [0, 0.05) is 19.3 Å². The maximum absolute atomic E-state index is 12.0. The van der Waals surface area contributed by atoms with Gasteiger partial charge in [-0.25, -0.2) is 4.79 Å². The average Bonchev–Trinajstić information content (AvgIpc) is 2.86. The highest BCUT2D eigenvalue weighted by atomic mass is 16.7. The molecular formula is C29H44O7. The molecule has 0 amide bonds. The normalized spacial score (nSPS) is 12.9. The molecule has 0 radical (unpaired) electrons. The summed E-state index contributed by atoms with van der Waals surface area (Å²) in [5.41, 5.74) is -1.30. The Morgan fingerprint density at radius 2 is 1.53 bits per heavy atom. The van der Waals surface area contributed by atoms with Crippen molar-refractivity contribution in [3.8, 4) is 0 Å². The molecule has 0 aromatic heterocycles. The van der Waals surface area contributed by atoms with Gasteiger partial charge < -0.3 is 19.7 Å². The summed E-state index contributed by atoms with van der Waals surface area (Å²) in [7, 11) is 0. The predicted molar refractivity (Wildman–Crippen MR) is 139 cm³/mol. The van der Waals surface area contributed by atoms with Crippen LogP contribution in [0.4, 0.5) is 0 Å². The molecule has 1 rings (SSSR count). The Morgan fingerprint density at radius 3 is 2.17 bits per heavy atom. The number of benzene rings is 1. The monoisotopic (exact) mass is 504 g/mol. The van der Waals surface area contributed by atoms with E-state index in [1.807, 2.05) is 36.4 Å². The first-order chi connectivity index (χ1) is 17.4. The molecule has 1 aromatic carbocycles. The number of rotatable bonds is 22. The molecular weight excluding hydrogens is 460 g/mol. The van der Waals surface area contributed by atoms with Gasteiger partial charge in [-0.05, 0) is 31.2 Å². The van der Waals surface area contributed by atoms with Gasteiger partial charge in [-0.1, -0.05) is 87.9 Å². The summed E-state index contributed by atoms with van der Waals surface area (Å²) in [6, 6.07) is 9.36. The third kappa shape index (κ3) is 15.5. The van der Waals surface area contributed by atoms with Crippen LogP contribution in [0, 0.1) is 0 Å². The van der Waals surface area contributed by atoms with Crippen LogP contribution in [0.3, 0.4) is 0 Å². The second-order valence-corrected chi connectivity index (χ2v) is 9.31. The number of carbonyl (C=O) groups excluding carboxylic acids is 2. The molecule has 1 aromatic rings. The van der Waals surface area contributed by atoms with Gasteiger partial charge in [0.1, 0.15) is 5.78 Å². The zero-order valence-electron chi connectivity index (χ0n) is 21.8. The molecule has 0 saturated carbocycles. The summed E-state index contributed by atoms with van der Waals surface area (Å²) in [6.45, 7) is 2.13. The van der Waals surface area contributed by atoms with Crippen molar-refractivity contribution >= 4 is 17.7 Å². The largest absolute Gasteiger partial charge is 0.479 e. The van der Waals surface area contributed by atoms with Crippen LogP contribution < -0.4 is 0 Å². The highest BCUT2D eigenvalue weighted by molar-refractivity contribution is 5.84. The van der Waals surface area contributed by atoms with Crippen LogP contribution >= 0.6 is 0 Å². The van der Waals surface area contributed by atoms with Crippen molar-refractivity contribution in [3.63, 3.8) is 0 Å². The summed E-state index contributed by atoms with van der Waals surface area (Å²) in [5.74, 6) is -1.94. The van der Waals surface area contributed by atoms with Gasteiger partial charge in [-0.3, -0.25) is 9.59 Å². The molecule has 0 spiro atoms. The SMILES string of the molecule is CCCCCCCC(=O)CCCCCC/C=C/C[C@@](O)(CC(=O)OCOCc1ccccc1)C(=O)O. The molecule has 0 saturated heterocycles. The number of carboxylic acid groups (broad SMARTS) is 1. The number of Topliss-reactive ketones (excluding diaryl/α,β-unsaturated/α-hetero) is 1. The number of hydrogen-bond acceptors (Lipinski definition) is 6. The number of ether oxygens (including phenoxy) is 2. The number of esters is 1. The smallest absolute Gasteiger partial charge is 0.336 e. The lowest BCUT2D eigenvalue weighted by molar-refractivity contribution is -0.173. The Balaban J connectivity index is 2.14. The van der Waals surface area contributed by atoms with E-state index in [1.54, 1.807) is 6.08 Å². The van der Waals surface area contributed by atoms with Gasteiger partial charge in [0.25, 0.3) is 0 Å². The van der Waals surface area contributed by atoms with Crippen molar-refractivity contribution in [2.75, 3.05) is 6.79 Å². The highest BCUT2D eigenvalue weighted by Gasteiger charge is 2.38. The lowest BCUT2D eigenvalue weighted by Crippen LogP contribution is -2.40. The average molecular weight is 505 g/mol. The maximum Gasteiger partial charge on any atom is 0.336 e. The first-order valence-corrected chi connectivity index (χ1v) is 13.3. The van der Waals surface area contributed by atoms with Gasteiger partial charge in [-0.2, -0.15) is 0 Å². The van der Waals surface area contributed by atoms with Gasteiger partial charge in [0.05, 0.1) is 13.0 Å². The molecule has 7 nitrogen and oxygen atoms in total. The Kier molecular flexibility index (Phi) is 17.2. The lowest BCUT2D eigenvalue weighted by Gasteiger charge is -2.20. The van der Waals surface area contributed by atoms with E-state index in [9.17, 15) is 24.6 Å². The number of aliphatic hydroxyl groups is 1. The molecule has 0 unspecified atom stereocenters. The molecule has 7 heteroatoms. The first kappa shape index (κ1) is 31.5. The van der Waals surface area contributed by atoms with Crippen molar-refractivity contribution in [1.29, 1.82) is 0 Å². The number of aliphatic carboxylic acids is 1. The minimum Gasteiger partial charge on any atom is -0.479 e. The fourth-order valence-corrected chi connectivity index (χ4v) is 3.75. The molecule has 36 heavy (non-hydrogen) atoms. The van der Waals surface area contributed by atoms with Crippen LogP contribution in [0.25, 0.3) is 0 Å². The Bertz CT molecular complexity index is 775. The third-order valence-electron chi connectivity index (χ3n) is 6.01. The number of carbonyl (C=O) groups is 3. The van der Waals surface area contributed by atoms with Crippen LogP contribution in [-0.2, 0) is 30.5 Å². The van der Waals surface area contributed by atoms with E-state index in [1.165, 1.54) is 19.3 Å². The zero-order chi connectivity index (χ0) is 26.5. The van der Waals surface area contributed by atoms with Crippen LogP contribution in [-0.4, -0.2) is 40.3 Å². The minimum absolute atomic E-state index is 0.185. The van der Waals surface area contributed by atoms with Gasteiger partial charge >= 0.3 is 11.9 Å². The number of allylic oxidation sites excluding steroid dienone is 1. The maximum atomic E-state index is 12.0. The lowest BCUT2D eigenvalue weighted by atomic mass is 9.95. The van der Waals surface area contributed by atoms with Crippen molar-refractivity contribution in [1.82, 2.24) is 0 Å². The predicted octanol–water partition coefficient (Wildman–Crippen LogP) is 6.13. The first-order valence-electron chi connectivity index (χ1n) is 13.3. The summed E-state index contributed by atoms with van der Waals surface area (Å²) >= 11 is 0. The van der Waals surface area contributed by atoms with E-state index in [2.05, 4.69) is 6.92 Å². The molecule has 0 heterocycles. The van der Waals surface area contributed by atoms with Crippen molar-refractivity contribution in [3.05, 3.63) is 48.0 Å². The summed E-state index contributed by atoms with van der Waals surface area (Å²) in [5, 5.41) is 19.8. The van der Waals surface area contributed by atoms with E-state index in [0.717, 1.165) is 50.5 Å². The van der Waals surface area contributed by atoms with Crippen LogP contribution in [0.2, 0.25) is 0 Å². The molecule has 0 bridgehead atoms. The van der Waals surface area contributed by atoms with Gasteiger partial charge in [0.15, 0.2) is 12.4 Å². The molecule has 0 aliphatic carbocycles. The number of carboxylic acids is 1.